The Balaban J connectivity index is 1.58. The summed E-state index contributed by atoms with van der Waals surface area (Å²) in [7, 11) is 0. The van der Waals surface area contributed by atoms with E-state index in [1.807, 2.05) is 6.07 Å². The Morgan fingerprint density at radius 1 is 1.25 bits per heavy atom. The van der Waals surface area contributed by atoms with Crippen molar-refractivity contribution in [2.24, 2.45) is 5.73 Å². The van der Waals surface area contributed by atoms with Gasteiger partial charge in [0.05, 0.1) is 22.9 Å². The van der Waals surface area contributed by atoms with E-state index in [0.29, 0.717) is 23.4 Å². The van der Waals surface area contributed by atoms with Crippen LogP contribution in [0, 0.1) is 0 Å². The quantitative estimate of drug-likeness (QED) is 0.442. The summed E-state index contributed by atoms with van der Waals surface area (Å²) < 4.78 is 2.27. The summed E-state index contributed by atoms with van der Waals surface area (Å²) in [6.45, 7) is 4.36. The van der Waals surface area contributed by atoms with Gasteiger partial charge in [-0.2, -0.15) is 0 Å². The van der Waals surface area contributed by atoms with Crippen LogP contribution >= 0.6 is 0 Å². The Bertz CT molecular complexity index is 1320. The molecule has 166 valence electrons. The highest BCUT2D eigenvalue weighted by molar-refractivity contribution is 5.86. The molecule has 0 amide bonds. The van der Waals surface area contributed by atoms with Gasteiger partial charge in [0.1, 0.15) is 5.82 Å². The fourth-order valence-corrected chi connectivity index (χ4v) is 4.93. The normalized spacial score (nSPS) is 19.1. The van der Waals surface area contributed by atoms with Crippen LogP contribution in [-0.2, 0) is 6.42 Å². The van der Waals surface area contributed by atoms with E-state index in [2.05, 4.69) is 64.2 Å². The van der Waals surface area contributed by atoms with Crippen molar-refractivity contribution in [2.45, 2.75) is 64.1 Å². The molecule has 1 aliphatic rings. The standard InChI is InChI=1S/C25H30N6O/c1-15(2)31-11-10-17-16(6-5-9-22(17)31)12-21-24-20(27-14-28-25(24)32)13-23(30-21)29-19-8-4-3-7-18(19)26/h5-6,9-11,13-15,18-19H,3-4,7-8,12,26H2,1-2H3,(H,29,30)(H,27,28,32)/t18-,19+/m0/s1. The van der Waals surface area contributed by atoms with Gasteiger partial charge in [0, 0.05) is 47.7 Å². The van der Waals surface area contributed by atoms with Gasteiger partial charge in [-0.1, -0.05) is 25.0 Å². The van der Waals surface area contributed by atoms with Gasteiger partial charge in [-0.25, -0.2) is 9.97 Å². The zero-order chi connectivity index (χ0) is 22.2. The maximum atomic E-state index is 12.7. The van der Waals surface area contributed by atoms with E-state index in [1.54, 1.807) is 0 Å². The van der Waals surface area contributed by atoms with Crippen molar-refractivity contribution in [1.82, 2.24) is 19.5 Å². The average Bonchev–Trinajstić information content (AvgIpc) is 3.21. The molecule has 2 atom stereocenters. The molecule has 5 rings (SSSR count). The van der Waals surface area contributed by atoms with Crippen LogP contribution in [0.2, 0.25) is 0 Å². The Hall–Kier alpha value is -3.19. The van der Waals surface area contributed by atoms with Gasteiger partial charge >= 0.3 is 0 Å². The second-order valence-electron chi connectivity index (χ2n) is 9.12. The molecule has 1 saturated carbocycles. The van der Waals surface area contributed by atoms with Gasteiger partial charge in [0.2, 0.25) is 0 Å². The molecule has 4 N–H and O–H groups in total. The maximum absolute atomic E-state index is 12.7. The van der Waals surface area contributed by atoms with Gasteiger partial charge in [0.25, 0.3) is 5.56 Å². The van der Waals surface area contributed by atoms with Gasteiger partial charge in [0.15, 0.2) is 0 Å². The molecule has 1 aromatic carbocycles. The lowest BCUT2D eigenvalue weighted by molar-refractivity contribution is 0.403. The molecule has 0 spiro atoms. The van der Waals surface area contributed by atoms with Gasteiger partial charge in [-0.3, -0.25) is 4.79 Å². The number of rotatable bonds is 5. The molecule has 0 bridgehead atoms. The summed E-state index contributed by atoms with van der Waals surface area (Å²) in [6.07, 6.45) is 8.52. The van der Waals surface area contributed by atoms with Crippen molar-refractivity contribution in [3.05, 3.63) is 64.5 Å². The van der Waals surface area contributed by atoms with E-state index >= 15 is 0 Å². The zero-order valence-corrected chi connectivity index (χ0v) is 18.6. The molecule has 3 aromatic heterocycles. The third-order valence-electron chi connectivity index (χ3n) is 6.62. The third-order valence-corrected chi connectivity index (χ3v) is 6.62. The minimum atomic E-state index is -0.162. The summed E-state index contributed by atoms with van der Waals surface area (Å²) in [5.41, 5.74) is 9.90. The minimum absolute atomic E-state index is 0.112. The van der Waals surface area contributed by atoms with Crippen molar-refractivity contribution in [2.75, 3.05) is 5.32 Å². The number of aromatic amines is 1. The summed E-state index contributed by atoms with van der Waals surface area (Å²) in [6, 6.07) is 11.0. The molecule has 0 unspecified atom stereocenters. The minimum Gasteiger partial charge on any atom is -0.366 e. The third kappa shape index (κ3) is 3.77. The largest absolute Gasteiger partial charge is 0.366 e. The van der Waals surface area contributed by atoms with Gasteiger partial charge in [-0.05, 0) is 44.4 Å². The van der Waals surface area contributed by atoms with Crippen LogP contribution in [0.1, 0.15) is 56.8 Å². The van der Waals surface area contributed by atoms with Crippen molar-refractivity contribution in [1.29, 1.82) is 0 Å². The molecule has 4 aromatic rings. The molecule has 1 fully saturated rings. The molecule has 3 heterocycles. The molecule has 7 nitrogen and oxygen atoms in total. The predicted molar refractivity (Wildman–Crippen MR) is 129 cm³/mol. The highest BCUT2D eigenvalue weighted by Gasteiger charge is 2.23. The Kier molecular flexibility index (Phi) is 5.43. The molecule has 0 aliphatic heterocycles. The number of fused-ring (bicyclic) bond motifs is 2. The second-order valence-corrected chi connectivity index (χ2v) is 9.12. The van der Waals surface area contributed by atoms with Crippen LogP contribution in [0.3, 0.4) is 0 Å². The monoisotopic (exact) mass is 430 g/mol. The van der Waals surface area contributed by atoms with Crippen LogP contribution < -0.4 is 16.6 Å². The number of nitrogens with zero attached hydrogens (tertiary/aromatic N) is 3. The topological polar surface area (TPSA) is 102 Å². The highest BCUT2D eigenvalue weighted by Crippen LogP contribution is 2.28. The van der Waals surface area contributed by atoms with E-state index in [-0.39, 0.29) is 17.6 Å². The fraction of sp³-hybridized carbons (Fsp3) is 0.400. The number of benzene rings is 1. The number of pyridine rings is 1. The lowest BCUT2D eigenvalue weighted by Gasteiger charge is -2.29. The SMILES string of the molecule is CC(C)n1ccc2c(Cc3nc(N[C@@H]4CCCC[C@@H]4N)cc4nc[nH]c(=O)c34)cccc21. The summed E-state index contributed by atoms with van der Waals surface area (Å²) in [4.78, 5) is 24.8. The smallest absolute Gasteiger partial charge is 0.260 e. The number of nitrogens with one attached hydrogen (secondary N) is 2. The molecule has 0 saturated heterocycles. The van der Waals surface area contributed by atoms with E-state index < -0.39 is 0 Å². The first-order valence-corrected chi connectivity index (χ1v) is 11.5. The lowest BCUT2D eigenvalue weighted by Crippen LogP contribution is -2.42. The number of aromatic nitrogens is 4. The lowest BCUT2D eigenvalue weighted by atomic mass is 9.91. The fourth-order valence-electron chi connectivity index (χ4n) is 4.93. The zero-order valence-electron chi connectivity index (χ0n) is 18.6. The number of hydrogen-bond acceptors (Lipinski definition) is 5. The number of H-pyrrole nitrogens is 1. The highest BCUT2D eigenvalue weighted by atomic mass is 16.1. The Morgan fingerprint density at radius 3 is 2.91 bits per heavy atom. The van der Waals surface area contributed by atoms with Crippen LogP contribution in [0.25, 0.3) is 21.8 Å². The average molecular weight is 431 g/mol. The van der Waals surface area contributed by atoms with Crippen molar-refractivity contribution < 1.29 is 0 Å². The van der Waals surface area contributed by atoms with Crippen LogP contribution in [0.4, 0.5) is 5.82 Å². The molecule has 32 heavy (non-hydrogen) atoms. The van der Waals surface area contributed by atoms with Crippen LogP contribution in [0.15, 0.2) is 47.7 Å². The first-order valence-electron chi connectivity index (χ1n) is 11.5. The number of nitrogens with two attached hydrogens (primary N) is 1. The van der Waals surface area contributed by atoms with Crippen LogP contribution in [-0.4, -0.2) is 31.6 Å². The Morgan fingerprint density at radius 2 is 2.09 bits per heavy atom. The summed E-state index contributed by atoms with van der Waals surface area (Å²) in [5, 5.41) is 5.26. The first-order chi connectivity index (χ1) is 15.5. The van der Waals surface area contributed by atoms with Crippen molar-refractivity contribution in [3.63, 3.8) is 0 Å². The number of anilines is 1. The first kappa shape index (κ1) is 20.7. The Labute approximate surface area is 187 Å². The van der Waals surface area contributed by atoms with E-state index in [1.165, 1.54) is 30.1 Å². The van der Waals surface area contributed by atoms with Gasteiger partial charge < -0.3 is 20.6 Å². The van der Waals surface area contributed by atoms with Crippen molar-refractivity contribution >= 4 is 27.6 Å². The van der Waals surface area contributed by atoms with Crippen molar-refractivity contribution in [3.8, 4) is 0 Å². The summed E-state index contributed by atoms with van der Waals surface area (Å²) >= 11 is 0. The van der Waals surface area contributed by atoms with E-state index in [9.17, 15) is 4.79 Å². The maximum Gasteiger partial charge on any atom is 0.260 e. The predicted octanol–water partition coefficient (Wildman–Crippen LogP) is 4.13. The number of hydrogen-bond donors (Lipinski definition) is 3. The molecular formula is C25H30N6O. The van der Waals surface area contributed by atoms with E-state index in [4.69, 9.17) is 10.7 Å². The molecule has 0 radical (unpaired) electrons. The van der Waals surface area contributed by atoms with Gasteiger partial charge in [-0.15, -0.1) is 0 Å². The second kappa shape index (κ2) is 8.39. The molecule has 7 heteroatoms. The van der Waals surface area contributed by atoms with E-state index in [0.717, 1.165) is 29.9 Å². The molecular weight excluding hydrogens is 400 g/mol. The van der Waals surface area contributed by atoms with Crippen LogP contribution in [0.5, 0.6) is 0 Å². The molecule has 1 aliphatic carbocycles. The summed E-state index contributed by atoms with van der Waals surface area (Å²) in [5.74, 6) is 0.736.